The fourth-order valence-electron chi connectivity index (χ4n) is 3.51. The maximum atomic E-state index is 11.1. The minimum Gasteiger partial charge on any atom is -0.469 e. The zero-order valence-electron chi connectivity index (χ0n) is 17.5. The molecular weight excluding hydrogens is 473 g/mol. The molecule has 0 aliphatic carbocycles. The lowest BCUT2D eigenvalue weighted by atomic mass is 10.1. The Balaban J connectivity index is 0.00000392. The molecular formula is C20H38IN3O4. The monoisotopic (exact) mass is 511 g/mol. The number of halogens is 1. The van der Waals surface area contributed by atoms with Crippen molar-refractivity contribution in [2.75, 3.05) is 46.5 Å². The van der Waals surface area contributed by atoms with Gasteiger partial charge in [0.15, 0.2) is 5.96 Å². The molecule has 7 nitrogen and oxygen atoms in total. The first-order valence-electron chi connectivity index (χ1n) is 10.6. The van der Waals surface area contributed by atoms with Crippen molar-refractivity contribution in [2.45, 2.75) is 70.5 Å². The van der Waals surface area contributed by atoms with Gasteiger partial charge in [0, 0.05) is 39.2 Å². The second-order valence-electron chi connectivity index (χ2n) is 7.28. The number of hydrogen-bond acceptors (Lipinski definition) is 5. The number of methoxy groups -OCH3 is 1. The van der Waals surface area contributed by atoms with E-state index in [0.717, 1.165) is 77.5 Å². The molecule has 2 heterocycles. The maximum Gasteiger partial charge on any atom is 0.305 e. The molecule has 1 unspecified atom stereocenters. The molecule has 0 bridgehead atoms. The summed E-state index contributed by atoms with van der Waals surface area (Å²) in [5, 5.41) is 3.39. The summed E-state index contributed by atoms with van der Waals surface area (Å²) in [5.41, 5.74) is 0. The van der Waals surface area contributed by atoms with Gasteiger partial charge in [-0.15, -0.1) is 24.0 Å². The lowest BCUT2D eigenvalue weighted by Crippen LogP contribution is -2.47. The molecule has 164 valence electrons. The number of rotatable bonds is 9. The molecule has 2 rings (SSSR count). The van der Waals surface area contributed by atoms with Gasteiger partial charge in [0.2, 0.25) is 0 Å². The zero-order chi connectivity index (χ0) is 19.3. The molecule has 8 heteroatoms. The second-order valence-corrected chi connectivity index (χ2v) is 7.28. The van der Waals surface area contributed by atoms with Gasteiger partial charge < -0.3 is 24.4 Å². The average Bonchev–Trinajstić information content (AvgIpc) is 2.72. The standard InChI is InChI=1S/C20H37N3O4.HI/c1-3-21-20(22-12-6-4-9-19(24)25-2)23-13-10-17(11-14-23)27-16-18-8-5-7-15-26-18;/h17-18H,3-16H2,1-2H3,(H,21,22);1H. The Labute approximate surface area is 187 Å². The first-order chi connectivity index (χ1) is 13.2. The molecule has 0 aromatic heterocycles. The van der Waals surface area contributed by atoms with Gasteiger partial charge in [0.1, 0.15) is 0 Å². The molecule has 1 N–H and O–H groups in total. The molecule has 28 heavy (non-hydrogen) atoms. The summed E-state index contributed by atoms with van der Waals surface area (Å²) in [6.07, 6.45) is 8.43. The number of carbonyl (C=O) groups is 1. The van der Waals surface area contributed by atoms with E-state index >= 15 is 0 Å². The van der Waals surface area contributed by atoms with Crippen LogP contribution in [0.15, 0.2) is 4.99 Å². The van der Waals surface area contributed by atoms with Crippen molar-refractivity contribution in [1.29, 1.82) is 0 Å². The van der Waals surface area contributed by atoms with E-state index in [0.29, 0.717) is 18.6 Å². The summed E-state index contributed by atoms with van der Waals surface area (Å²) >= 11 is 0. The minimum absolute atomic E-state index is 0. The number of esters is 1. The number of nitrogens with one attached hydrogen (secondary N) is 1. The van der Waals surface area contributed by atoms with Crippen molar-refractivity contribution < 1.29 is 19.0 Å². The van der Waals surface area contributed by atoms with Crippen LogP contribution >= 0.6 is 24.0 Å². The third kappa shape index (κ3) is 9.73. The van der Waals surface area contributed by atoms with E-state index in [4.69, 9.17) is 14.5 Å². The van der Waals surface area contributed by atoms with Crippen molar-refractivity contribution in [3.8, 4) is 0 Å². The van der Waals surface area contributed by atoms with Gasteiger partial charge >= 0.3 is 5.97 Å². The smallest absolute Gasteiger partial charge is 0.305 e. The molecule has 1 atom stereocenters. The van der Waals surface area contributed by atoms with Crippen LogP contribution in [0, 0.1) is 0 Å². The third-order valence-electron chi connectivity index (χ3n) is 5.15. The Morgan fingerprint density at radius 2 is 2.00 bits per heavy atom. The van der Waals surface area contributed by atoms with E-state index in [1.807, 2.05) is 0 Å². The van der Waals surface area contributed by atoms with E-state index in [9.17, 15) is 4.79 Å². The van der Waals surface area contributed by atoms with Gasteiger partial charge in [0.05, 0.1) is 25.9 Å². The Morgan fingerprint density at radius 1 is 1.21 bits per heavy atom. The van der Waals surface area contributed by atoms with E-state index in [-0.39, 0.29) is 29.9 Å². The van der Waals surface area contributed by atoms with Gasteiger partial charge in [-0.2, -0.15) is 0 Å². The van der Waals surface area contributed by atoms with Gasteiger partial charge in [-0.25, -0.2) is 0 Å². The van der Waals surface area contributed by atoms with Crippen LogP contribution in [0.25, 0.3) is 0 Å². The number of ether oxygens (including phenoxy) is 3. The molecule has 0 amide bonds. The van der Waals surface area contributed by atoms with Crippen LogP contribution in [0.4, 0.5) is 0 Å². The highest BCUT2D eigenvalue weighted by Gasteiger charge is 2.23. The Hall–Kier alpha value is -0.610. The highest BCUT2D eigenvalue weighted by molar-refractivity contribution is 14.0. The largest absolute Gasteiger partial charge is 0.469 e. The van der Waals surface area contributed by atoms with Crippen LogP contribution in [-0.2, 0) is 19.0 Å². The number of hydrogen-bond donors (Lipinski definition) is 1. The predicted molar refractivity (Wildman–Crippen MR) is 121 cm³/mol. The van der Waals surface area contributed by atoms with Crippen LogP contribution in [-0.4, -0.2) is 75.5 Å². The fraction of sp³-hybridized carbons (Fsp3) is 0.900. The number of piperidine rings is 1. The van der Waals surface area contributed by atoms with Crippen molar-refractivity contribution in [3.05, 3.63) is 0 Å². The van der Waals surface area contributed by atoms with E-state index in [2.05, 4.69) is 21.9 Å². The molecule has 2 saturated heterocycles. The number of nitrogens with zero attached hydrogens (tertiary/aromatic N) is 2. The molecule has 2 aliphatic heterocycles. The van der Waals surface area contributed by atoms with Crippen LogP contribution in [0.2, 0.25) is 0 Å². The summed E-state index contributed by atoms with van der Waals surface area (Å²) < 4.78 is 16.5. The van der Waals surface area contributed by atoms with Gasteiger partial charge in [0.25, 0.3) is 0 Å². The maximum absolute atomic E-state index is 11.1. The van der Waals surface area contributed by atoms with Crippen LogP contribution in [0.1, 0.15) is 58.3 Å². The summed E-state index contributed by atoms with van der Waals surface area (Å²) in [6, 6.07) is 0. The number of aliphatic imine (C=N–C) groups is 1. The summed E-state index contributed by atoms with van der Waals surface area (Å²) in [7, 11) is 1.43. The first kappa shape index (κ1) is 25.4. The molecule has 0 aromatic rings. The summed E-state index contributed by atoms with van der Waals surface area (Å²) in [4.78, 5) is 18.2. The van der Waals surface area contributed by atoms with Gasteiger partial charge in [-0.1, -0.05) is 0 Å². The number of carbonyl (C=O) groups excluding carboxylic acids is 1. The lowest BCUT2D eigenvalue weighted by Gasteiger charge is -2.35. The third-order valence-corrected chi connectivity index (χ3v) is 5.15. The van der Waals surface area contributed by atoms with Gasteiger partial charge in [-0.3, -0.25) is 9.79 Å². The highest BCUT2D eigenvalue weighted by Crippen LogP contribution is 2.18. The average molecular weight is 511 g/mol. The quantitative estimate of drug-likeness (QED) is 0.169. The number of unbranched alkanes of at least 4 members (excludes halogenated alkanes) is 1. The molecule has 0 radical (unpaired) electrons. The molecule has 2 fully saturated rings. The van der Waals surface area contributed by atoms with Crippen LogP contribution in [0.5, 0.6) is 0 Å². The van der Waals surface area contributed by atoms with E-state index in [1.54, 1.807) is 0 Å². The highest BCUT2D eigenvalue weighted by atomic mass is 127. The first-order valence-corrected chi connectivity index (χ1v) is 10.6. The molecule has 0 saturated carbocycles. The Morgan fingerprint density at radius 3 is 2.64 bits per heavy atom. The van der Waals surface area contributed by atoms with E-state index in [1.165, 1.54) is 20.0 Å². The fourth-order valence-corrected chi connectivity index (χ4v) is 3.51. The van der Waals surface area contributed by atoms with E-state index < -0.39 is 0 Å². The SMILES string of the molecule is CCNC(=NCCCCC(=O)OC)N1CCC(OCC2CCCCO2)CC1.I. The van der Waals surface area contributed by atoms with Crippen molar-refractivity contribution in [1.82, 2.24) is 10.2 Å². The minimum atomic E-state index is -0.147. The Bertz CT molecular complexity index is 451. The topological polar surface area (TPSA) is 72.4 Å². The van der Waals surface area contributed by atoms with Gasteiger partial charge in [-0.05, 0) is 51.9 Å². The second kappa shape index (κ2) is 15.3. The van der Waals surface area contributed by atoms with Crippen molar-refractivity contribution in [3.63, 3.8) is 0 Å². The predicted octanol–water partition coefficient (Wildman–Crippen LogP) is 2.96. The Kier molecular flexibility index (Phi) is 13.9. The van der Waals surface area contributed by atoms with Crippen LogP contribution < -0.4 is 5.32 Å². The van der Waals surface area contributed by atoms with Crippen molar-refractivity contribution in [2.24, 2.45) is 4.99 Å². The molecule has 0 spiro atoms. The van der Waals surface area contributed by atoms with Crippen LogP contribution in [0.3, 0.4) is 0 Å². The summed E-state index contributed by atoms with van der Waals surface area (Å²) in [6.45, 7) is 7.22. The molecule has 0 aromatic carbocycles. The summed E-state index contributed by atoms with van der Waals surface area (Å²) in [5.74, 6) is 0.830. The number of likely N-dealkylation sites (tertiary alicyclic amines) is 1. The lowest BCUT2D eigenvalue weighted by molar-refractivity contribution is -0.140. The molecule has 2 aliphatic rings. The number of guanidine groups is 1. The van der Waals surface area contributed by atoms with Crippen molar-refractivity contribution >= 4 is 35.9 Å². The zero-order valence-corrected chi connectivity index (χ0v) is 19.8. The normalized spacial score (nSPS) is 21.1.